The minimum Gasteiger partial charge on any atom is -0.394 e. The zero-order chi connectivity index (χ0) is 10.8. The van der Waals surface area contributed by atoms with Crippen LogP contribution < -0.4 is 16.0 Å². The monoisotopic (exact) mass is 204 g/mol. The van der Waals surface area contributed by atoms with Crippen molar-refractivity contribution in [2.75, 3.05) is 11.5 Å². The lowest BCUT2D eigenvalue weighted by Gasteiger charge is -2.02. The number of aromatic nitrogens is 3. The summed E-state index contributed by atoms with van der Waals surface area (Å²) in [6.45, 7) is 0.625. The molecule has 0 spiro atoms. The van der Waals surface area contributed by atoms with Crippen molar-refractivity contribution in [3.05, 3.63) is 36.3 Å². The number of pyridine rings is 1. The third kappa shape index (κ3) is 1.76. The van der Waals surface area contributed by atoms with Gasteiger partial charge in [-0.2, -0.15) is 5.10 Å². The Balaban J connectivity index is 2.30. The topological polar surface area (TPSA) is 73.7 Å². The largest absolute Gasteiger partial charge is 0.394 e. The van der Waals surface area contributed by atoms with E-state index in [-0.39, 0.29) is 0 Å². The highest BCUT2D eigenvalue weighted by molar-refractivity contribution is 5.57. The summed E-state index contributed by atoms with van der Waals surface area (Å²) in [5.74, 6) is 0.513. The highest BCUT2D eigenvalue weighted by Crippen LogP contribution is 2.13. The zero-order valence-electron chi connectivity index (χ0n) is 8.59. The van der Waals surface area contributed by atoms with Gasteiger partial charge >= 0.3 is 0 Å². The fourth-order valence-corrected chi connectivity index (χ4v) is 1.41. The SMILES string of the molecule is C[n+]1ccccc1Cn1ncc(N)c1N. The molecule has 2 aromatic heterocycles. The molecule has 0 unspecified atom stereocenters. The Morgan fingerprint density at radius 1 is 1.40 bits per heavy atom. The Morgan fingerprint density at radius 2 is 2.20 bits per heavy atom. The number of hydrogen-bond donors (Lipinski definition) is 2. The summed E-state index contributed by atoms with van der Waals surface area (Å²) in [6.07, 6.45) is 3.55. The van der Waals surface area contributed by atoms with Gasteiger partial charge in [-0.25, -0.2) is 9.25 Å². The highest BCUT2D eigenvalue weighted by atomic mass is 15.3. The van der Waals surface area contributed by atoms with Crippen molar-refractivity contribution >= 4 is 11.5 Å². The number of anilines is 2. The van der Waals surface area contributed by atoms with Gasteiger partial charge in [-0.1, -0.05) is 6.07 Å². The first-order valence-electron chi connectivity index (χ1n) is 4.69. The smallest absolute Gasteiger partial charge is 0.202 e. The summed E-state index contributed by atoms with van der Waals surface area (Å²) in [5.41, 5.74) is 13.0. The molecule has 5 nitrogen and oxygen atoms in total. The first kappa shape index (κ1) is 9.51. The van der Waals surface area contributed by atoms with E-state index < -0.39 is 0 Å². The van der Waals surface area contributed by atoms with Gasteiger partial charge in [-0.3, -0.25) is 0 Å². The van der Waals surface area contributed by atoms with Crippen molar-refractivity contribution < 1.29 is 4.57 Å². The molecule has 78 valence electrons. The molecule has 0 saturated carbocycles. The summed E-state index contributed by atoms with van der Waals surface area (Å²) >= 11 is 0. The Kier molecular flexibility index (Phi) is 2.29. The fourth-order valence-electron chi connectivity index (χ4n) is 1.41. The van der Waals surface area contributed by atoms with Crippen molar-refractivity contribution in [3.63, 3.8) is 0 Å². The van der Waals surface area contributed by atoms with Gasteiger partial charge < -0.3 is 11.5 Å². The molecule has 0 aromatic carbocycles. The normalized spacial score (nSPS) is 10.5. The van der Waals surface area contributed by atoms with E-state index in [2.05, 4.69) is 5.10 Å². The summed E-state index contributed by atoms with van der Waals surface area (Å²) in [4.78, 5) is 0. The Labute approximate surface area is 87.9 Å². The van der Waals surface area contributed by atoms with Crippen molar-refractivity contribution in [3.8, 4) is 0 Å². The van der Waals surface area contributed by atoms with Gasteiger partial charge in [-0.15, -0.1) is 0 Å². The van der Waals surface area contributed by atoms with Gasteiger partial charge in [0.15, 0.2) is 6.20 Å². The van der Waals surface area contributed by atoms with Crippen LogP contribution in [0.3, 0.4) is 0 Å². The molecule has 15 heavy (non-hydrogen) atoms. The third-order valence-corrected chi connectivity index (χ3v) is 2.38. The lowest BCUT2D eigenvalue weighted by molar-refractivity contribution is -0.679. The molecule has 0 aliphatic heterocycles. The van der Waals surface area contributed by atoms with Crippen LogP contribution in [0.2, 0.25) is 0 Å². The number of nitrogens with two attached hydrogens (primary N) is 2. The van der Waals surface area contributed by atoms with E-state index in [1.807, 2.05) is 36.0 Å². The van der Waals surface area contributed by atoms with E-state index in [1.54, 1.807) is 10.9 Å². The molecule has 2 heterocycles. The van der Waals surface area contributed by atoms with Gasteiger partial charge in [0.25, 0.3) is 0 Å². The maximum Gasteiger partial charge on any atom is 0.202 e. The Hall–Kier alpha value is -2.04. The predicted molar refractivity (Wildman–Crippen MR) is 57.8 cm³/mol. The quantitative estimate of drug-likeness (QED) is 0.672. The summed E-state index contributed by atoms with van der Waals surface area (Å²) in [5, 5.41) is 4.11. The lowest BCUT2D eigenvalue weighted by atomic mass is 10.3. The van der Waals surface area contributed by atoms with E-state index in [1.165, 1.54) is 0 Å². The molecule has 2 rings (SSSR count). The molecule has 0 aliphatic carbocycles. The standard InChI is InChI=1S/C10H14N5/c1-14-5-3-2-4-8(14)7-15-10(12)9(11)6-13-15/h2-6H,7,11-12H2,1H3/q+1. The van der Waals surface area contributed by atoms with E-state index in [9.17, 15) is 0 Å². The average Bonchev–Trinajstić information content (AvgIpc) is 2.53. The molecular weight excluding hydrogens is 190 g/mol. The van der Waals surface area contributed by atoms with Crippen LogP contribution >= 0.6 is 0 Å². The second kappa shape index (κ2) is 3.61. The molecule has 0 atom stereocenters. The number of nitrogens with zero attached hydrogens (tertiary/aromatic N) is 3. The summed E-state index contributed by atoms with van der Waals surface area (Å²) in [7, 11) is 1.98. The Bertz CT molecular complexity index is 474. The number of nitrogen functional groups attached to an aromatic ring is 2. The molecule has 4 N–H and O–H groups in total. The van der Waals surface area contributed by atoms with Crippen molar-refractivity contribution in [2.45, 2.75) is 6.54 Å². The van der Waals surface area contributed by atoms with Crippen molar-refractivity contribution in [2.24, 2.45) is 7.05 Å². The molecule has 0 saturated heterocycles. The second-order valence-corrected chi connectivity index (χ2v) is 3.45. The molecular formula is C10H14N5+. The number of rotatable bonds is 2. The molecule has 0 fully saturated rings. The molecule has 0 aliphatic rings. The summed E-state index contributed by atoms with van der Waals surface area (Å²) < 4.78 is 3.71. The van der Waals surface area contributed by atoms with Crippen LogP contribution in [-0.4, -0.2) is 9.78 Å². The predicted octanol–water partition coefficient (Wildman–Crippen LogP) is -0.0797. The van der Waals surface area contributed by atoms with Gasteiger partial charge in [0.05, 0.1) is 11.9 Å². The second-order valence-electron chi connectivity index (χ2n) is 3.45. The number of hydrogen-bond acceptors (Lipinski definition) is 3. The van der Waals surface area contributed by atoms with Crippen LogP contribution in [0.1, 0.15) is 5.69 Å². The fraction of sp³-hybridized carbons (Fsp3) is 0.200. The van der Waals surface area contributed by atoms with Crippen LogP contribution in [-0.2, 0) is 13.6 Å². The molecule has 0 radical (unpaired) electrons. The van der Waals surface area contributed by atoms with Gasteiger partial charge in [0, 0.05) is 12.1 Å². The number of aryl methyl sites for hydroxylation is 1. The lowest BCUT2D eigenvalue weighted by Crippen LogP contribution is -2.34. The van der Waals surface area contributed by atoms with E-state index in [0.29, 0.717) is 18.1 Å². The summed E-state index contributed by atoms with van der Waals surface area (Å²) in [6, 6.07) is 5.99. The van der Waals surface area contributed by atoms with Crippen LogP contribution in [0.15, 0.2) is 30.6 Å². The van der Waals surface area contributed by atoms with Gasteiger partial charge in [0.1, 0.15) is 19.4 Å². The first-order chi connectivity index (χ1) is 7.18. The van der Waals surface area contributed by atoms with Gasteiger partial charge in [-0.05, 0) is 0 Å². The van der Waals surface area contributed by atoms with Crippen LogP contribution in [0, 0.1) is 0 Å². The molecule has 0 bridgehead atoms. The van der Waals surface area contributed by atoms with Gasteiger partial charge in [0.2, 0.25) is 5.69 Å². The maximum absolute atomic E-state index is 5.77. The van der Waals surface area contributed by atoms with E-state index in [0.717, 1.165) is 5.69 Å². The van der Waals surface area contributed by atoms with Crippen LogP contribution in [0.5, 0.6) is 0 Å². The first-order valence-corrected chi connectivity index (χ1v) is 4.69. The average molecular weight is 204 g/mol. The van der Waals surface area contributed by atoms with E-state index in [4.69, 9.17) is 11.5 Å². The minimum absolute atomic E-state index is 0.513. The highest BCUT2D eigenvalue weighted by Gasteiger charge is 2.09. The minimum atomic E-state index is 0.513. The Morgan fingerprint density at radius 3 is 2.80 bits per heavy atom. The van der Waals surface area contributed by atoms with Crippen LogP contribution in [0.4, 0.5) is 11.5 Å². The van der Waals surface area contributed by atoms with Crippen molar-refractivity contribution in [1.29, 1.82) is 0 Å². The third-order valence-electron chi connectivity index (χ3n) is 2.38. The zero-order valence-corrected chi connectivity index (χ0v) is 8.59. The van der Waals surface area contributed by atoms with E-state index >= 15 is 0 Å². The molecule has 0 amide bonds. The van der Waals surface area contributed by atoms with Crippen LogP contribution in [0.25, 0.3) is 0 Å². The molecule has 5 heteroatoms. The molecule has 2 aromatic rings. The van der Waals surface area contributed by atoms with Crippen molar-refractivity contribution in [1.82, 2.24) is 9.78 Å². The maximum atomic E-state index is 5.77.